The molecular formula is C22H18N4O3. The van der Waals surface area contributed by atoms with Gasteiger partial charge in [-0.05, 0) is 43.3 Å². The Balaban J connectivity index is 2.02. The van der Waals surface area contributed by atoms with Gasteiger partial charge in [0.1, 0.15) is 5.69 Å². The molecule has 0 saturated heterocycles. The summed E-state index contributed by atoms with van der Waals surface area (Å²) in [5.41, 5.74) is 0.886. The highest BCUT2D eigenvalue weighted by atomic mass is 16.5. The van der Waals surface area contributed by atoms with Gasteiger partial charge in [0, 0.05) is 0 Å². The maximum absolute atomic E-state index is 13.3. The smallest absolute Gasteiger partial charge is 0.448 e. The number of aromatic amines is 1. The second-order valence-electron chi connectivity index (χ2n) is 6.53. The molecule has 3 aromatic carbocycles. The van der Waals surface area contributed by atoms with Crippen LogP contribution >= 0.6 is 0 Å². The molecule has 0 aliphatic rings. The quantitative estimate of drug-likeness (QED) is 0.193. The third-order valence-electron chi connectivity index (χ3n) is 4.48. The summed E-state index contributed by atoms with van der Waals surface area (Å²) in [5, 5.41) is 15.8. The Morgan fingerprint density at radius 3 is 2.21 bits per heavy atom. The van der Waals surface area contributed by atoms with E-state index < -0.39 is 11.4 Å². The Morgan fingerprint density at radius 2 is 1.55 bits per heavy atom. The molecule has 1 N–H and O–H groups in total. The minimum atomic E-state index is -0.658. The lowest BCUT2D eigenvalue weighted by molar-refractivity contribution is -0.363. The summed E-state index contributed by atoms with van der Waals surface area (Å²) in [4.78, 5) is 25.7. The third kappa shape index (κ3) is 3.41. The Morgan fingerprint density at radius 1 is 0.897 bits per heavy atom. The van der Waals surface area contributed by atoms with Gasteiger partial charge in [-0.1, -0.05) is 58.8 Å². The van der Waals surface area contributed by atoms with Crippen LogP contribution in [0, 0.1) is 12.1 Å². The van der Waals surface area contributed by atoms with Crippen LogP contribution in [0.15, 0.2) is 94.5 Å². The molecule has 0 aliphatic carbocycles. The molecule has 0 bridgehead atoms. The minimum Gasteiger partial charge on any atom is -0.710 e. The summed E-state index contributed by atoms with van der Waals surface area (Å²) >= 11 is 0. The van der Waals surface area contributed by atoms with Crippen LogP contribution in [-0.4, -0.2) is 24.9 Å². The van der Waals surface area contributed by atoms with E-state index in [4.69, 9.17) is 0 Å². The molecule has 144 valence electrons. The van der Waals surface area contributed by atoms with Crippen molar-refractivity contribution in [3.8, 4) is 5.69 Å². The Kier molecular flexibility index (Phi) is 4.70. The molecule has 0 amide bonds. The van der Waals surface area contributed by atoms with E-state index in [0.29, 0.717) is 21.7 Å². The molecule has 0 atom stereocenters. The van der Waals surface area contributed by atoms with E-state index in [1.165, 1.54) is 0 Å². The minimum absolute atomic E-state index is 0.0108. The fourth-order valence-corrected chi connectivity index (χ4v) is 3.14. The number of nitrogens with one attached hydrogen (secondary N) is 1. The molecule has 7 nitrogen and oxygen atoms in total. The van der Waals surface area contributed by atoms with E-state index in [2.05, 4.69) is 5.10 Å². The van der Waals surface area contributed by atoms with E-state index in [1.54, 1.807) is 78.9 Å². The van der Waals surface area contributed by atoms with Gasteiger partial charge in [0.05, 0.1) is 11.3 Å². The standard InChI is InChI=1S/C22H18N4O3/c1-16-9-8-10-17(15-16)20(26(29)19-13-6-3-7-14-19)25-22(28)24(21(27)23-25)18-11-4-2-5-12-18/h2-15H,1H3,(H,23,27)/b26-20-. The molecule has 0 aliphatic heterocycles. The van der Waals surface area contributed by atoms with Gasteiger partial charge in [0.2, 0.25) is 0 Å². The number of rotatable bonds is 3. The van der Waals surface area contributed by atoms with Gasteiger partial charge in [-0.25, -0.2) is 14.3 Å². The Labute approximate surface area is 166 Å². The molecule has 7 heteroatoms. The van der Waals surface area contributed by atoms with E-state index in [-0.39, 0.29) is 5.84 Å². The number of aromatic nitrogens is 3. The number of hydrogen-bond donors (Lipinski definition) is 1. The first-order valence-corrected chi connectivity index (χ1v) is 9.02. The van der Waals surface area contributed by atoms with Crippen molar-refractivity contribution < 1.29 is 4.74 Å². The van der Waals surface area contributed by atoms with E-state index in [0.717, 1.165) is 14.8 Å². The topological polar surface area (TPSA) is 85.9 Å². The summed E-state index contributed by atoms with van der Waals surface area (Å²) in [6, 6.07) is 24.3. The van der Waals surface area contributed by atoms with E-state index in [9.17, 15) is 14.8 Å². The summed E-state index contributed by atoms with van der Waals surface area (Å²) in [5.74, 6) is 0.0108. The van der Waals surface area contributed by atoms with Gasteiger partial charge >= 0.3 is 17.2 Å². The van der Waals surface area contributed by atoms with Crippen molar-refractivity contribution in [1.29, 1.82) is 0 Å². The van der Waals surface area contributed by atoms with E-state index >= 15 is 0 Å². The first kappa shape index (κ1) is 18.2. The predicted molar refractivity (Wildman–Crippen MR) is 111 cm³/mol. The van der Waals surface area contributed by atoms with Crippen molar-refractivity contribution >= 4 is 11.5 Å². The highest BCUT2D eigenvalue weighted by Gasteiger charge is 2.25. The normalized spacial score (nSPS) is 11.9. The van der Waals surface area contributed by atoms with Gasteiger partial charge in [-0.15, -0.1) is 0 Å². The molecule has 0 fully saturated rings. The molecular weight excluding hydrogens is 368 g/mol. The summed E-state index contributed by atoms with van der Waals surface area (Å²) in [7, 11) is 0. The van der Waals surface area contributed by atoms with E-state index in [1.807, 2.05) is 13.0 Å². The Hall–Kier alpha value is -4.13. The van der Waals surface area contributed by atoms with Crippen LogP contribution in [0.25, 0.3) is 5.69 Å². The van der Waals surface area contributed by atoms with Crippen LogP contribution in [0.2, 0.25) is 0 Å². The number of hydrogen-bond acceptors (Lipinski definition) is 3. The van der Waals surface area contributed by atoms with Gasteiger partial charge < -0.3 is 5.21 Å². The predicted octanol–water partition coefficient (Wildman–Crippen LogP) is 2.77. The molecule has 29 heavy (non-hydrogen) atoms. The molecule has 0 saturated carbocycles. The zero-order chi connectivity index (χ0) is 20.4. The van der Waals surface area contributed by atoms with Crippen molar-refractivity contribution in [1.82, 2.24) is 14.3 Å². The maximum Gasteiger partial charge on any atom is 0.448 e. The van der Waals surface area contributed by atoms with Crippen molar-refractivity contribution in [3.05, 3.63) is 122 Å². The summed E-state index contributed by atoms with van der Waals surface area (Å²) in [6.07, 6.45) is 0. The second-order valence-corrected chi connectivity index (χ2v) is 6.53. The fraction of sp³-hybridized carbons (Fsp3) is 0.0455. The van der Waals surface area contributed by atoms with Crippen molar-refractivity contribution in [2.75, 3.05) is 0 Å². The lowest BCUT2D eigenvalue weighted by atomic mass is 10.1. The van der Waals surface area contributed by atoms with Gasteiger partial charge in [-0.2, -0.15) is 9.67 Å². The zero-order valence-corrected chi connectivity index (χ0v) is 15.6. The molecule has 1 heterocycles. The monoisotopic (exact) mass is 386 g/mol. The number of H-pyrrole nitrogens is 1. The molecule has 4 aromatic rings. The summed E-state index contributed by atoms with van der Waals surface area (Å²) < 4.78 is 2.63. The van der Waals surface area contributed by atoms with Crippen LogP contribution < -0.4 is 11.4 Å². The summed E-state index contributed by atoms with van der Waals surface area (Å²) in [6.45, 7) is 1.89. The second kappa shape index (κ2) is 7.47. The largest absolute Gasteiger partial charge is 0.710 e. The average molecular weight is 386 g/mol. The maximum atomic E-state index is 13.3. The highest BCUT2D eigenvalue weighted by Crippen LogP contribution is 2.14. The first-order chi connectivity index (χ1) is 14.1. The number of benzene rings is 3. The lowest BCUT2D eigenvalue weighted by Gasteiger charge is -2.13. The molecule has 0 spiro atoms. The van der Waals surface area contributed by atoms with Crippen LogP contribution in [0.3, 0.4) is 0 Å². The van der Waals surface area contributed by atoms with Gasteiger partial charge in [0.15, 0.2) is 0 Å². The SMILES string of the molecule is Cc1cccc(/C(n2[nH]c(=O)n(-c3ccccc3)c2=O)=[N+](/[O-])c2ccccc2)c1. The number of para-hydroxylation sites is 2. The van der Waals surface area contributed by atoms with Gasteiger partial charge in [-0.3, -0.25) is 0 Å². The number of nitrogens with zero attached hydrogens (tertiary/aromatic N) is 3. The Bertz CT molecular complexity index is 1300. The highest BCUT2D eigenvalue weighted by molar-refractivity contribution is 5.96. The van der Waals surface area contributed by atoms with Crippen LogP contribution in [0.1, 0.15) is 11.1 Å². The zero-order valence-electron chi connectivity index (χ0n) is 15.6. The van der Waals surface area contributed by atoms with Gasteiger partial charge in [0.25, 0.3) is 0 Å². The van der Waals surface area contributed by atoms with Crippen molar-refractivity contribution in [2.45, 2.75) is 6.92 Å². The molecule has 0 radical (unpaired) electrons. The third-order valence-corrected chi connectivity index (χ3v) is 4.48. The molecule has 4 rings (SSSR count). The van der Waals surface area contributed by atoms with Crippen LogP contribution in [-0.2, 0) is 0 Å². The van der Waals surface area contributed by atoms with Crippen molar-refractivity contribution in [2.24, 2.45) is 0 Å². The van der Waals surface area contributed by atoms with Crippen LogP contribution in [0.4, 0.5) is 5.69 Å². The first-order valence-electron chi connectivity index (χ1n) is 9.02. The fourth-order valence-electron chi connectivity index (χ4n) is 3.14. The molecule has 1 aromatic heterocycles. The average Bonchev–Trinajstić information content (AvgIpc) is 3.03. The number of aryl methyl sites for hydroxylation is 1. The molecule has 0 unspecified atom stereocenters. The lowest BCUT2D eigenvalue weighted by Crippen LogP contribution is -2.34. The van der Waals surface area contributed by atoms with Crippen molar-refractivity contribution in [3.63, 3.8) is 0 Å². The van der Waals surface area contributed by atoms with Crippen LogP contribution in [0.5, 0.6) is 0 Å².